The summed E-state index contributed by atoms with van der Waals surface area (Å²) in [6, 6.07) is 0. The summed E-state index contributed by atoms with van der Waals surface area (Å²) < 4.78 is 27.9. The first-order valence-electron chi connectivity index (χ1n) is 5.01. The van der Waals surface area contributed by atoms with Gasteiger partial charge in [0.25, 0.3) is 10.0 Å². The number of sulfonamides is 1. The predicted octanol–water partition coefficient (Wildman–Crippen LogP) is 0.873. The van der Waals surface area contributed by atoms with Crippen LogP contribution in [0.3, 0.4) is 0 Å². The number of halogens is 1. The summed E-state index contributed by atoms with van der Waals surface area (Å²) >= 11 is 3.41. The number of rotatable bonds is 5. The Morgan fingerprint density at radius 2 is 2.31 bits per heavy atom. The molecule has 1 saturated carbocycles. The Bertz CT molecular complexity index is 479. The molecule has 1 aromatic heterocycles. The van der Waals surface area contributed by atoms with Gasteiger partial charge in [0.05, 0.1) is 6.33 Å². The highest BCUT2D eigenvalue weighted by molar-refractivity contribution is 9.09. The maximum absolute atomic E-state index is 11.8. The number of aryl methyl sites for hydroxylation is 1. The molecule has 0 unspecified atom stereocenters. The first-order valence-corrected chi connectivity index (χ1v) is 7.62. The molecule has 0 amide bonds. The summed E-state index contributed by atoms with van der Waals surface area (Å²) in [5, 5.41) is 0.922. The van der Waals surface area contributed by atoms with E-state index in [2.05, 4.69) is 25.6 Å². The summed E-state index contributed by atoms with van der Waals surface area (Å²) in [6.45, 7) is 0.483. The van der Waals surface area contributed by atoms with Gasteiger partial charge in [0, 0.05) is 25.1 Å². The normalized spacial score (nSPS) is 18.6. The molecular weight excluding hydrogens is 294 g/mol. The third-order valence-electron chi connectivity index (χ3n) is 2.83. The molecule has 1 N–H and O–H groups in total. The lowest BCUT2D eigenvalue weighted by Gasteiger charge is -2.11. The van der Waals surface area contributed by atoms with Crippen molar-refractivity contribution >= 4 is 26.0 Å². The van der Waals surface area contributed by atoms with Crippen molar-refractivity contribution in [2.45, 2.75) is 17.9 Å². The van der Waals surface area contributed by atoms with Gasteiger partial charge in [-0.1, -0.05) is 15.9 Å². The number of nitrogens with zero attached hydrogens (tertiary/aromatic N) is 2. The third-order valence-corrected chi connectivity index (χ3v) is 5.31. The van der Waals surface area contributed by atoms with Gasteiger partial charge in [-0.25, -0.2) is 18.1 Å². The second-order valence-corrected chi connectivity index (χ2v) is 6.61. The Morgan fingerprint density at radius 3 is 2.75 bits per heavy atom. The zero-order valence-electron chi connectivity index (χ0n) is 8.98. The molecule has 0 atom stereocenters. The minimum atomic E-state index is -3.45. The molecule has 5 nitrogen and oxygen atoms in total. The van der Waals surface area contributed by atoms with Gasteiger partial charge in [-0.15, -0.1) is 0 Å². The highest BCUT2D eigenvalue weighted by Crippen LogP contribution is 2.46. The maximum Gasteiger partial charge on any atom is 0.259 e. The molecule has 16 heavy (non-hydrogen) atoms. The van der Waals surface area contributed by atoms with E-state index in [1.807, 2.05) is 0 Å². The van der Waals surface area contributed by atoms with Crippen molar-refractivity contribution in [3.63, 3.8) is 0 Å². The standard InChI is InChI=1S/C9H14BrN3O2S/c1-13-4-8(11-7-13)16(14,15)12-6-9(5-10)2-3-9/h4,7,12H,2-3,5-6H2,1H3. The Kier molecular flexibility index (Phi) is 3.11. The molecule has 0 radical (unpaired) electrons. The smallest absolute Gasteiger partial charge is 0.259 e. The average Bonchev–Trinajstić information content (AvgIpc) is 2.91. The van der Waals surface area contributed by atoms with Crippen molar-refractivity contribution < 1.29 is 8.42 Å². The van der Waals surface area contributed by atoms with Crippen LogP contribution in [0.5, 0.6) is 0 Å². The molecule has 2 rings (SSSR count). The number of aromatic nitrogens is 2. The Labute approximate surface area is 103 Å². The number of imidazole rings is 1. The zero-order valence-corrected chi connectivity index (χ0v) is 11.4. The van der Waals surface area contributed by atoms with Crippen molar-refractivity contribution in [2.75, 3.05) is 11.9 Å². The van der Waals surface area contributed by atoms with E-state index < -0.39 is 10.0 Å². The Morgan fingerprint density at radius 1 is 1.62 bits per heavy atom. The van der Waals surface area contributed by atoms with Crippen LogP contribution >= 0.6 is 15.9 Å². The average molecular weight is 308 g/mol. The van der Waals surface area contributed by atoms with E-state index in [9.17, 15) is 8.42 Å². The van der Waals surface area contributed by atoms with Crippen LogP contribution in [-0.4, -0.2) is 29.8 Å². The van der Waals surface area contributed by atoms with E-state index in [-0.39, 0.29) is 10.4 Å². The number of hydrogen-bond donors (Lipinski definition) is 1. The monoisotopic (exact) mass is 307 g/mol. The second-order valence-electron chi connectivity index (χ2n) is 4.34. The van der Waals surface area contributed by atoms with Crippen LogP contribution in [0.1, 0.15) is 12.8 Å². The topological polar surface area (TPSA) is 64.0 Å². The van der Waals surface area contributed by atoms with Crippen molar-refractivity contribution in [2.24, 2.45) is 12.5 Å². The highest BCUT2D eigenvalue weighted by atomic mass is 79.9. The molecule has 1 aliphatic carbocycles. The fourth-order valence-electron chi connectivity index (χ4n) is 1.38. The Hall–Kier alpha value is -0.400. The number of alkyl halides is 1. The van der Waals surface area contributed by atoms with E-state index >= 15 is 0 Å². The molecule has 90 valence electrons. The SMILES string of the molecule is Cn1cnc(S(=O)(=O)NCC2(CBr)CC2)c1. The van der Waals surface area contributed by atoms with Gasteiger partial charge < -0.3 is 4.57 Å². The molecular formula is C9H14BrN3O2S. The van der Waals surface area contributed by atoms with Gasteiger partial charge in [-0.3, -0.25) is 0 Å². The summed E-state index contributed by atoms with van der Waals surface area (Å²) in [5.74, 6) is 0. The molecule has 7 heteroatoms. The fourth-order valence-corrected chi connectivity index (χ4v) is 3.28. The lowest BCUT2D eigenvalue weighted by Crippen LogP contribution is -2.31. The molecule has 0 saturated heterocycles. The maximum atomic E-state index is 11.8. The van der Waals surface area contributed by atoms with Gasteiger partial charge in [0.1, 0.15) is 0 Å². The molecule has 1 aromatic rings. The van der Waals surface area contributed by atoms with E-state index in [0.29, 0.717) is 6.54 Å². The van der Waals surface area contributed by atoms with Crippen LogP contribution in [-0.2, 0) is 17.1 Å². The largest absolute Gasteiger partial charge is 0.339 e. The zero-order chi connectivity index (χ0) is 11.8. The summed E-state index contributed by atoms with van der Waals surface area (Å²) in [6.07, 6.45) is 5.12. The fraction of sp³-hybridized carbons (Fsp3) is 0.667. The minimum Gasteiger partial charge on any atom is -0.339 e. The van der Waals surface area contributed by atoms with Crippen LogP contribution in [0.4, 0.5) is 0 Å². The van der Waals surface area contributed by atoms with Gasteiger partial charge in [-0.2, -0.15) is 0 Å². The Balaban J connectivity index is 2.04. The van der Waals surface area contributed by atoms with E-state index in [0.717, 1.165) is 18.2 Å². The predicted molar refractivity (Wildman–Crippen MR) is 63.9 cm³/mol. The van der Waals surface area contributed by atoms with Crippen LogP contribution < -0.4 is 4.72 Å². The quantitative estimate of drug-likeness (QED) is 0.821. The van der Waals surface area contributed by atoms with Crippen LogP contribution in [0, 0.1) is 5.41 Å². The number of nitrogens with one attached hydrogen (secondary N) is 1. The highest BCUT2D eigenvalue weighted by Gasteiger charge is 2.42. The molecule has 0 aromatic carbocycles. The summed E-state index contributed by atoms with van der Waals surface area (Å²) in [5.41, 5.74) is 0.127. The summed E-state index contributed by atoms with van der Waals surface area (Å²) in [7, 11) is -1.70. The van der Waals surface area contributed by atoms with Crippen LogP contribution in [0.2, 0.25) is 0 Å². The molecule has 0 spiro atoms. The lowest BCUT2D eigenvalue weighted by molar-refractivity contribution is 0.536. The molecule has 0 aliphatic heterocycles. The third kappa shape index (κ3) is 2.46. The van der Waals surface area contributed by atoms with Gasteiger partial charge in [-0.05, 0) is 18.3 Å². The van der Waals surface area contributed by atoms with Gasteiger partial charge in [0.15, 0.2) is 5.03 Å². The first kappa shape index (κ1) is 12.1. The first-order chi connectivity index (χ1) is 7.47. The molecule has 1 fully saturated rings. The van der Waals surface area contributed by atoms with Crippen LogP contribution in [0.25, 0.3) is 0 Å². The molecule has 1 aliphatic rings. The van der Waals surface area contributed by atoms with Crippen molar-refractivity contribution in [3.8, 4) is 0 Å². The minimum absolute atomic E-state index is 0.0837. The van der Waals surface area contributed by atoms with E-state index in [1.54, 1.807) is 11.6 Å². The van der Waals surface area contributed by atoms with Gasteiger partial charge in [0.2, 0.25) is 0 Å². The molecule has 0 bridgehead atoms. The lowest BCUT2D eigenvalue weighted by atomic mass is 10.1. The second kappa shape index (κ2) is 4.12. The van der Waals surface area contributed by atoms with E-state index in [4.69, 9.17) is 0 Å². The van der Waals surface area contributed by atoms with Crippen molar-refractivity contribution in [3.05, 3.63) is 12.5 Å². The van der Waals surface area contributed by atoms with Crippen molar-refractivity contribution in [1.82, 2.24) is 14.3 Å². The van der Waals surface area contributed by atoms with Crippen LogP contribution in [0.15, 0.2) is 17.6 Å². The molecule has 1 heterocycles. The van der Waals surface area contributed by atoms with Gasteiger partial charge >= 0.3 is 0 Å². The number of hydrogen-bond acceptors (Lipinski definition) is 3. The summed E-state index contributed by atoms with van der Waals surface area (Å²) in [4.78, 5) is 3.84. The van der Waals surface area contributed by atoms with Crippen molar-refractivity contribution in [1.29, 1.82) is 0 Å². The van der Waals surface area contributed by atoms with E-state index in [1.165, 1.54) is 12.5 Å².